The first kappa shape index (κ1) is 36.3. The van der Waals surface area contributed by atoms with Gasteiger partial charge in [-0.3, -0.25) is 11.8 Å². The molecule has 0 spiro atoms. The van der Waals surface area contributed by atoms with Gasteiger partial charge >= 0.3 is 0 Å². The van der Waals surface area contributed by atoms with Crippen LogP contribution in [0.4, 0.5) is 0 Å². The molecule has 50 heavy (non-hydrogen) atoms. The Morgan fingerprint density at radius 3 is 1.36 bits per heavy atom. The summed E-state index contributed by atoms with van der Waals surface area (Å²) >= 11 is 0. The molecule has 0 amide bonds. The Balaban J connectivity index is 0.000000144. The van der Waals surface area contributed by atoms with Crippen molar-refractivity contribution in [1.82, 2.24) is 19.1 Å². The first-order chi connectivity index (χ1) is 23.5. The number of aromatic nitrogens is 4. The van der Waals surface area contributed by atoms with Crippen molar-refractivity contribution in [2.24, 2.45) is 14.1 Å². The van der Waals surface area contributed by atoms with E-state index in [1.165, 1.54) is 0 Å². The minimum atomic E-state index is 0. The van der Waals surface area contributed by atoms with E-state index in [0.29, 0.717) is 0 Å². The molecule has 2 unspecified atom stereocenters. The fourth-order valence-electron chi connectivity index (χ4n) is 5.89. The van der Waals surface area contributed by atoms with E-state index in [-0.39, 0.29) is 56.6 Å². The van der Waals surface area contributed by atoms with E-state index in [1.54, 1.807) is 0 Å². The molecule has 0 N–H and O–H groups in total. The number of benzene rings is 4. The molecule has 2 atom stereocenters. The summed E-state index contributed by atoms with van der Waals surface area (Å²) in [6.45, 7) is 0. The number of furan rings is 2. The fourth-order valence-corrected chi connectivity index (χ4v) is 5.89. The van der Waals surface area contributed by atoms with Gasteiger partial charge < -0.3 is 40.8 Å². The number of aryl methyl sites for hydroxylation is 2. The maximum Gasteiger partial charge on any atom is 0.135 e. The molecule has 1 aliphatic rings. The average molecular weight is 1010 g/mol. The second-order valence-corrected chi connectivity index (χ2v) is 11.4. The van der Waals surface area contributed by atoms with Crippen molar-refractivity contribution >= 4 is 43.9 Å². The van der Waals surface area contributed by atoms with Crippen molar-refractivity contribution in [2.45, 2.75) is 11.8 Å². The molecule has 6 nitrogen and oxygen atoms in total. The van der Waals surface area contributed by atoms with Crippen LogP contribution in [0.5, 0.6) is 0 Å². The summed E-state index contributed by atoms with van der Waals surface area (Å²) < 4.78 is 15.0. The van der Waals surface area contributed by atoms with Crippen LogP contribution in [0.25, 0.3) is 43.9 Å². The summed E-state index contributed by atoms with van der Waals surface area (Å²) in [4.78, 5) is 8.66. The Hall–Kier alpha value is -5.02. The summed E-state index contributed by atoms with van der Waals surface area (Å²) in [6, 6.07) is 27.2. The molecule has 0 bridgehead atoms. The van der Waals surface area contributed by atoms with Crippen LogP contribution < -0.4 is 0 Å². The first-order valence-electron chi connectivity index (χ1n) is 15.4. The van der Waals surface area contributed by atoms with Crippen molar-refractivity contribution in [2.75, 3.05) is 0 Å². The molecule has 254 valence electrons. The van der Waals surface area contributed by atoms with Gasteiger partial charge in [0.25, 0.3) is 0 Å². The van der Waals surface area contributed by atoms with Crippen LogP contribution in [0.2, 0.25) is 0 Å². The molecule has 4 heterocycles. The van der Waals surface area contributed by atoms with Crippen LogP contribution >= 0.6 is 0 Å². The molecule has 8 heteroatoms. The maximum atomic E-state index is 7.06. The quantitative estimate of drug-likeness (QED) is 0.0988. The minimum absolute atomic E-state index is 0. The molecule has 1 aliphatic carbocycles. The smallest absolute Gasteiger partial charge is 0.135 e. The Bertz CT molecular complexity index is 2370. The van der Waals surface area contributed by atoms with Gasteiger partial charge in [0, 0.05) is 79.0 Å². The predicted molar refractivity (Wildman–Crippen MR) is 188 cm³/mol. The minimum Gasteiger partial charge on any atom is -0.458 e. The van der Waals surface area contributed by atoms with Crippen LogP contribution in [0.3, 0.4) is 0 Å². The molecule has 8 aromatic rings. The van der Waals surface area contributed by atoms with Gasteiger partial charge in [-0.1, -0.05) is 96.4 Å². The molecule has 4 aromatic heterocycles. The molecule has 0 saturated carbocycles. The van der Waals surface area contributed by atoms with Crippen LogP contribution in [-0.2, 0) is 58.9 Å². The summed E-state index contributed by atoms with van der Waals surface area (Å²) in [7, 11) is 3.87. The maximum absolute atomic E-state index is 7.06. The third kappa shape index (κ3) is 7.58. The summed E-state index contributed by atoms with van der Waals surface area (Å²) in [5.41, 5.74) is 6.91. The van der Waals surface area contributed by atoms with Crippen LogP contribution in [0, 0.1) is 37.3 Å². The number of fused-ring (bicyclic) bond motifs is 6. The molecule has 0 saturated heterocycles. The van der Waals surface area contributed by atoms with Gasteiger partial charge in [0.2, 0.25) is 0 Å². The van der Waals surface area contributed by atoms with E-state index in [0.717, 1.165) is 66.4 Å². The largest absolute Gasteiger partial charge is 0.458 e. The third-order valence-electron chi connectivity index (χ3n) is 8.19. The van der Waals surface area contributed by atoms with Crippen molar-refractivity contribution < 1.29 is 53.6 Å². The standard InChI is InChI=1S/C14H14N4.2C14H7O.2Au/c1-17-7-13(15-9-17)11-5-3-4-6-12(11)14-8-18(2)10-16-14;2*1-2-10-7-8-12-11-5-3-4-6-13(11)15-14(12)9-10;;/h3-8,11-12H,1-2H3;2*3-9H;;/q-2;2*-1;;. The van der Waals surface area contributed by atoms with E-state index in [4.69, 9.17) is 21.7 Å². The third-order valence-corrected chi connectivity index (χ3v) is 8.19. The Morgan fingerprint density at radius 2 is 0.980 bits per heavy atom. The Kier molecular flexibility index (Phi) is 11.7. The van der Waals surface area contributed by atoms with Gasteiger partial charge in [-0.05, 0) is 38.1 Å². The Morgan fingerprint density at radius 1 is 0.580 bits per heavy atom. The molecular weight excluding hydrogens is 986 g/mol. The molecule has 9 rings (SSSR count). The van der Waals surface area contributed by atoms with Crippen LogP contribution in [-0.4, -0.2) is 19.1 Å². The number of hydrogen-bond acceptors (Lipinski definition) is 4. The van der Waals surface area contributed by atoms with E-state index < -0.39 is 0 Å². The van der Waals surface area contributed by atoms with Crippen molar-refractivity contribution in [1.29, 1.82) is 0 Å². The van der Waals surface area contributed by atoms with Gasteiger partial charge in [0.15, 0.2) is 0 Å². The summed E-state index contributed by atoms with van der Waals surface area (Å²) in [5.74, 6) is 5.14. The molecule has 0 fully saturated rings. The van der Waals surface area contributed by atoms with E-state index >= 15 is 0 Å². The number of allylic oxidation sites excluding steroid dienone is 4. The van der Waals surface area contributed by atoms with Gasteiger partial charge in [0.05, 0.1) is 0 Å². The zero-order chi connectivity index (χ0) is 33.0. The van der Waals surface area contributed by atoms with Crippen molar-refractivity contribution in [3.63, 3.8) is 0 Å². The van der Waals surface area contributed by atoms with E-state index in [1.807, 2.05) is 121 Å². The molecule has 0 aliphatic heterocycles. The van der Waals surface area contributed by atoms with Crippen LogP contribution in [0.15, 0.2) is 130 Å². The van der Waals surface area contributed by atoms with Gasteiger partial charge in [-0.15, -0.1) is 35.7 Å². The molecule has 2 radical (unpaired) electrons. The van der Waals surface area contributed by atoms with Gasteiger partial charge in [-0.25, -0.2) is 0 Å². The number of imidazole rings is 2. The number of nitrogens with zero attached hydrogens (tertiary/aromatic N) is 4. The number of rotatable bonds is 2. The van der Waals surface area contributed by atoms with E-state index in [2.05, 4.69) is 58.8 Å². The molecular formula is C42H28Au2N4O2-4. The molecule has 4 aromatic carbocycles. The van der Waals surface area contributed by atoms with Gasteiger partial charge in [0.1, 0.15) is 22.3 Å². The van der Waals surface area contributed by atoms with E-state index in [9.17, 15) is 0 Å². The average Bonchev–Trinajstić information content (AvgIpc) is 3.93. The van der Waals surface area contributed by atoms with Crippen LogP contribution in [0.1, 0.15) is 34.4 Å². The SMILES string of the molecule is Cn1[c-]nc(C2C=CC=CC2c2cn(C)[c-]n2)c1.[Au].[Au].[C-]#Cc1ccc2c(c1)oc1ccccc12.[C-]#Cc1ccc2c(c1)oc1ccccc12. The summed E-state index contributed by atoms with van der Waals surface area (Å²) in [5, 5.41) is 4.40. The zero-order valence-electron chi connectivity index (χ0n) is 26.9. The first-order valence-corrected chi connectivity index (χ1v) is 15.4. The topological polar surface area (TPSA) is 61.9 Å². The zero-order valence-corrected chi connectivity index (χ0v) is 31.2. The summed E-state index contributed by atoms with van der Waals surface area (Å²) in [6.07, 6.45) is 32.4. The fraction of sp³-hybridized carbons (Fsp3) is 0.0952. The monoisotopic (exact) mass is 1010 g/mol. The number of hydrogen-bond donors (Lipinski definition) is 0. The van der Waals surface area contributed by atoms with Crippen molar-refractivity contribution in [3.8, 4) is 11.8 Å². The Labute approximate surface area is 321 Å². The normalized spacial score (nSPS) is 14.5. The number of para-hydroxylation sites is 2. The van der Waals surface area contributed by atoms with Gasteiger partial charge in [-0.2, -0.15) is 0 Å². The second-order valence-electron chi connectivity index (χ2n) is 11.4. The predicted octanol–water partition coefficient (Wildman–Crippen LogP) is 8.79. The second kappa shape index (κ2) is 16.1. The van der Waals surface area contributed by atoms with Crippen molar-refractivity contribution in [3.05, 3.63) is 170 Å².